The number of halogens is 1. The summed E-state index contributed by atoms with van der Waals surface area (Å²) in [7, 11) is 0. The second kappa shape index (κ2) is 8.79. The van der Waals surface area contributed by atoms with Gasteiger partial charge in [0.05, 0.1) is 22.8 Å². The molecule has 0 unspecified atom stereocenters. The van der Waals surface area contributed by atoms with Gasteiger partial charge in [0.2, 0.25) is 0 Å². The maximum absolute atomic E-state index is 13.2. The fourth-order valence-corrected chi connectivity index (χ4v) is 2.93. The van der Waals surface area contributed by atoms with Crippen LogP contribution in [0, 0.1) is 11.3 Å². The van der Waals surface area contributed by atoms with Gasteiger partial charge in [0.25, 0.3) is 0 Å². The van der Waals surface area contributed by atoms with E-state index < -0.39 is 5.60 Å². The van der Waals surface area contributed by atoms with Crippen molar-refractivity contribution in [3.8, 4) is 11.8 Å². The minimum atomic E-state index is -0.885. The molecule has 0 fully saturated rings. The molecular weight excluding hydrogens is 353 g/mol. The van der Waals surface area contributed by atoms with E-state index >= 15 is 0 Å². The molecule has 26 heavy (non-hydrogen) atoms. The summed E-state index contributed by atoms with van der Waals surface area (Å²) in [4.78, 5) is 3.90. The van der Waals surface area contributed by atoms with E-state index in [-0.39, 0.29) is 17.4 Å². The van der Waals surface area contributed by atoms with Gasteiger partial charge in [-0.1, -0.05) is 6.92 Å². The second-order valence-electron chi connectivity index (χ2n) is 6.32. The van der Waals surface area contributed by atoms with Crippen LogP contribution in [-0.2, 0) is 0 Å². The molecule has 0 aliphatic rings. The van der Waals surface area contributed by atoms with Gasteiger partial charge >= 0.3 is 0 Å². The predicted octanol–water partition coefficient (Wildman–Crippen LogP) is 2.56. The average Bonchev–Trinajstić information content (AvgIpc) is 3.04. The second-order valence-corrected chi connectivity index (χ2v) is 7.20. The van der Waals surface area contributed by atoms with E-state index in [2.05, 4.69) is 9.71 Å². The van der Waals surface area contributed by atoms with Crippen LogP contribution in [0.3, 0.4) is 0 Å². The van der Waals surface area contributed by atoms with Gasteiger partial charge in [-0.2, -0.15) is 5.26 Å². The molecule has 0 radical (unpaired) electrons. The number of nitrogens with one attached hydrogen (secondary N) is 2. The molecule has 138 valence electrons. The third kappa shape index (κ3) is 5.28. The van der Waals surface area contributed by atoms with Crippen LogP contribution in [0.1, 0.15) is 32.8 Å². The van der Waals surface area contributed by atoms with Crippen LogP contribution in [0.4, 0.5) is 4.39 Å². The summed E-state index contributed by atoms with van der Waals surface area (Å²) in [6.07, 6.45) is 2.59. The SMILES string of the molecule is CC/C(NSc1ccc(OCC(C)(C)O)cc1)=c1/[nH]cc(C#N)/c1=C\F. The number of benzene rings is 1. The molecule has 1 heterocycles. The quantitative estimate of drug-likeness (QED) is 0.648. The first-order valence-electron chi connectivity index (χ1n) is 8.17. The molecule has 0 aliphatic heterocycles. The summed E-state index contributed by atoms with van der Waals surface area (Å²) in [5, 5.41) is 19.5. The summed E-state index contributed by atoms with van der Waals surface area (Å²) < 4.78 is 21.9. The van der Waals surface area contributed by atoms with E-state index in [1.165, 1.54) is 18.1 Å². The van der Waals surface area contributed by atoms with Crippen molar-refractivity contribution in [2.24, 2.45) is 0 Å². The molecule has 0 atom stereocenters. The molecule has 3 N–H and O–H groups in total. The number of H-pyrrole nitrogens is 1. The zero-order valence-electron chi connectivity index (χ0n) is 15.0. The van der Waals surface area contributed by atoms with E-state index in [0.29, 0.717) is 23.8 Å². The minimum absolute atomic E-state index is 0.210. The Morgan fingerprint density at radius 2 is 2.12 bits per heavy atom. The fraction of sp³-hybridized carbons (Fsp3) is 0.316. The first-order chi connectivity index (χ1) is 12.4. The van der Waals surface area contributed by atoms with Gasteiger partial charge < -0.3 is 19.5 Å². The standard InChI is InChI=1S/C19H22FN3O2S/c1-4-17(18-16(9-20)13(10-21)11-22-18)23-26-15-7-5-14(6-8-15)25-12-19(2,3)24/h5-9,11,22-24H,4,12H2,1-3H3/b16-9+,18-17-. The third-order valence-corrected chi connectivity index (χ3v) is 4.37. The first-order valence-corrected chi connectivity index (χ1v) is 8.98. The maximum atomic E-state index is 13.2. The zero-order chi connectivity index (χ0) is 19.2. The molecule has 1 aromatic carbocycles. The average molecular weight is 375 g/mol. The Kier molecular flexibility index (Phi) is 6.72. The molecule has 1 aromatic heterocycles. The maximum Gasteiger partial charge on any atom is 0.119 e. The number of aliphatic hydroxyl groups is 1. The zero-order valence-corrected chi connectivity index (χ0v) is 15.8. The number of ether oxygens (including phenoxy) is 1. The molecule has 0 saturated heterocycles. The summed E-state index contributed by atoms with van der Waals surface area (Å²) in [5.74, 6) is 0.675. The van der Waals surface area contributed by atoms with Gasteiger partial charge in [0, 0.05) is 22.0 Å². The van der Waals surface area contributed by atoms with E-state index in [4.69, 9.17) is 10.00 Å². The Morgan fingerprint density at radius 3 is 2.65 bits per heavy atom. The van der Waals surface area contributed by atoms with E-state index in [0.717, 1.165) is 10.6 Å². The highest BCUT2D eigenvalue weighted by molar-refractivity contribution is 7.97. The van der Waals surface area contributed by atoms with Gasteiger partial charge in [-0.15, -0.1) is 0 Å². The number of nitriles is 1. The van der Waals surface area contributed by atoms with Crippen LogP contribution in [0.15, 0.2) is 35.4 Å². The molecule has 0 saturated carbocycles. The molecule has 0 amide bonds. The number of hydrogen-bond acceptors (Lipinski definition) is 5. The molecule has 0 spiro atoms. The molecule has 0 bridgehead atoms. The monoisotopic (exact) mass is 375 g/mol. The Hall–Kier alpha value is -2.43. The van der Waals surface area contributed by atoms with Crippen molar-refractivity contribution in [1.82, 2.24) is 9.71 Å². The van der Waals surface area contributed by atoms with Gasteiger partial charge in [-0.05, 0) is 56.5 Å². The van der Waals surface area contributed by atoms with Gasteiger partial charge in [-0.3, -0.25) is 0 Å². The van der Waals surface area contributed by atoms with Crippen molar-refractivity contribution in [3.63, 3.8) is 0 Å². The minimum Gasteiger partial charge on any atom is -0.491 e. The summed E-state index contributed by atoms with van der Waals surface area (Å²) in [5.41, 5.74) is 0.181. The van der Waals surface area contributed by atoms with Crippen LogP contribution < -0.4 is 20.0 Å². The number of rotatable bonds is 7. The van der Waals surface area contributed by atoms with Crippen molar-refractivity contribution in [2.75, 3.05) is 6.61 Å². The Balaban J connectivity index is 2.11. The highest BCUT2D eigenvalue weighted by atomic mass is 32.2. The largest absolute Gasteiger partial charge is 0.491 e. The number of aromatic amines is 1. The normalized spacial score (nSPS) is 13.3. The fourth-order valence-electron chi connectivity index (χ4n) is 2.17. The first kappa shape index (κ1) is 19.9. The summed E-state index contributed by atoms with van der Waals surface area (Å²) >= 11 is 1.39. The Morgan fingerprint density at radius 1 is 1.42 bits per heavy atom. The molecule has 7 heteroatoms. The van der Waals surface area contributed by atoms with Crippen molar-refractivity contribution >= 4 is 24.0 Å². The Bertz CT molecular complexity index is 893. The molecule has 0 aliphatic carbocycles. The molecule has 5 nitrogen and oxygen atoms in total. The van der Waals surface area contributed by atoms with Gasteiger partial charge in [0.15, 0.2) is 0 Å². The van der Waals surface area contributed by atoms with Crippen molar-refractivity contribution in [3.05, 3.63) is 46.6 Å². The number of hydrogen-bond donors (Lipinski definition) is 3. The van der Waals surface area contributed by atoms with Gasteiger partial charge in [0.1, 0.15) is 18.4 Å². The number of aromatic nitrogens is 1. The van der Waals surface area contributed by atoms with Crippen molar-refractivity contribution < 1.29 is 14.2 Å². The van der Waals surface area contributed by atoms with Crippen molar-refractivity contribution in [1.29, 1.82) is 5.26 Å². The Labute approximate surface area is 156 Å². The van der Waals surface area contributed by atoms with Crippen molar-refractivity contribution in [2.45, 2.75) is 37.7 Å². The van der Waals surface area contributed by atoms with Crippen LogP contribution in [0.5, 0.6) is 5.75 Å². The van der Waals surface area contributed by atoms with E-state index in [9.17, 15) is 9.50 Å². The van der Waals surface area contributed by atoms with Crippen LogP contribution in [0.2, 0.25) is 0 Å². The van der Waals surface area contributed by atoms with E-state index in [1.807, 2.05) is 37.3 Å². The number of nitrogens with zero attached hydrogens (tertiary/aromatic N) is 1. The lowest BCUT2D eigenvalue weighted by Crippen LogP contribution is -2.30. The highest BCUT2D eigenvalue weighted by Crippen LogP contribution is 2.21. The molecular formula is C19H22FN3O2S. The summed E-state index contributed by atoms with van der Waals surface area (Å²) in [6, 6.07) is 9.40. The summed E-state index contributed by atoms with van der Waals surface area (Å²) in [6.45, 7) is 5.53. The van der Waals surface area contributed by atoms with Crippen LogP contribution in [0.25, 0.3) is 12.0 Å². The van der Waals surface area contributed by atoms with Gasteiger partial charge in [-0.25, -0.2) is 4.39 Å². The topological polar surface area (TPSA) is 81.1 Å². The highest BCUT2D eigenvalue weighted by Gasteiger charge is 2.13. The van der Waals surface area contributed by atoms with Crippen LogP contribution >= 0.6 is 11.9 Å². The lowest BCUT2D eigenvalue weighted by atomic mass is 10.2. The predicted molar refractivity (Wildman–Crippen MR) is 101 cm³/mol. The lowest BCUT2D eigenvalue weighted by Gasteiger charge is -2.17. The van der Waals surface area contributed by atoms with Crippen LogP contribution in [-0.4, -0.2) is 22.3 Å². The molecule has 2 aromatic rings. The third-order valence-electron chi connectivity index (χ3n) is 3.51. The van der Waals surface area contributed by atoms with E-state index in [1.54, 1.807) is 13.8 Å². The molecule has 2 rings (SSSR count). The smallest absolute Gasteiger partial charge is 0.119 e. The lowest BCUT2D eigenvalue weighted by molar-refractivity contribution is 0.0285.